The minimum absolute atomic E-state index is 0.0907. The van der Waals surface area contributed by atoms with E-state index in [9.17, 15) is 9.59 Å². The molecule has 1 aromatic rings. The molecule has 1 rings (SSSR count). The number of methoxy groups -OCH3 is 1. The average molecular weight is 273 g/mol. The van der Waals surface area contributed by atoms with Crippen LogP contribution in [-0.4, -0.2) is 30.5 Å². The molecular formula is C11H15NO3S2. The average Bonchev–Trinajstić information content (AvgIpc) is 2.76. The molecule has 4 nitrogen and oxygen atoms in total. The Morgan fingerprint density at radius 1 is 1.53 bits per heavy atom. The topological polar surface area (TPSA) is 55.4 Å². The molecular weight excluding hydrogens is 258 g/mol. The van der Waals surface area contributed by atoms with E-state index in [4.69, 9.17) is 0 Å². The highest BCUT2D eigenvalue weighted by molar-refractivity contribution is 7.99. The Balaban J connectivity index is 2.53. The third-order valence-electron chi connectivity index (χ3n) is 1.89. The Bertz CT molecular complexity index is 390. The Labute approximate surface area is 109 Å². The standard InChI is InChI=1S/C11H15NO3S2/c1-3-5-16-7-9(13)12-8-4-6-17-10(8)11(14)15-2/h4,6H,3,5,7H2,1-2H3,(H,12,13). The zero-order valence-corrected chi connectivity index (χ0v) is 11.5. The molecule has 0 aliphatic rings. The number of hydrogen-bond acceptors (Lipinski definition) is 5. The van der Waals surface area contributed by atoms with Gasteiger partial charge in [0.05, 0.1) is 18.6 Å². The summed E-state index contributed by atoms with van der Waals surface area (Å²) in [5.74, 6) is 0.856. The maximum absolute atomic E-state index is 11.6. The van der Waals surface area contributed by atoms with Gasteiger partial charge in [-0.25, -0.2) is 4.79 Å². The molecule has 1 amide bonds. The van der Waals surface area contributed by atoms with E-state index < -0.39 is 5.97 Å². The zero-order valence-electron chi connectivity index (χ0n) is 9.82. The molecule has 0 aromatic carbocycles. The van der Waals surface area contributed by atoms with Crippen LogP contribution in [-0.2, 0) is 9.53 Å². The third kappa shape index (κ3) is 4.40. The van der Waals surface area contributed by atoms with E-state index >= 15 is 0 Å². The second kappa shape index (κ2) is 7.34. The maximum atomic E-state index is 11.6. The van der Waals surface area contributed by atoms with Crippen molar-refractivity contribution in [1.82, 2.24) is 0 Å². The molecule has 94 valence electrons. The highest BCUT2D eigenvalue weighted by Gasteiger charge is 2.15. The molecule has 0 atom stereocenters. The summed E-state index contributed by atoms with van der Waals surface area (Å²) < 4.78 is 4.63. The first-order valence-corrected chi connectivity index (χ1v) is 7.25. The van der Waals surface area contributed by atoms with E-state index in [0.29, 0.717) is 16.3 Å². The second-order valence-corrected chi connectivity index (χ2v) is 5.28. The first kappa shape index (κ1) is 14.1. The Kier molecular flexibility index (Phi) is 6.07. The molecule has 0 aliphatic heterocycles. The molecule has 1 N–H and O–H groups in total. The highest BCUT2D eigenvalue weighted by atomic mass is 32.2. The second-order valence-electron chi connectivity index (χ2n) is 3.26. The first-order valence-electron chi connectivity index (χ1n) is 5.22. The number of thiophene rings is 1. The van der Waals surface area contributed by atoms with Crippen LogP contribution in [0.15, 0.2) is 11.4 Å². The molecule has 0 bridgehead atoms. The van der Waals surface area contributed by atoms with E-state index in [1.807, 2.05) is 0 Å². The zero-order chi connectivity index (χ0) is 12.7. The number of rotatable bonds is 6. The summed E-state index contributed by atoms with van der Waals surface area (Å²) >= 11 is 2.83. The van der Waals surface area contributed by atoms with Crippen molar-refractivity contribution in [2.75, 3.05) is 23.9 Å². The molecule has 0 spiro atoms. The van der Waals surface area contributed by atoms with Crippen molar-refractivity contribution in [3.63, 3.8) is 0 Å². The summed E-state index contributed by atoms with van der Waals surface area (Å²) in [6, 6.07) is 1.71. The molecule has 1 heterocycles. The number of nitrogens with one attached hydrogen (secondary N) is 1. The maximum Gasteiger partial charge on any atom is 0.350 e. The normalized spacial score (nSPS) is 10.0. The van der Waals surface area contributed by atoms with Crippen molar-refractivity contribution < 1.29 is 14.3 Å². The predicted octanol–water partition coefficient (Wildman–Crippen LogP) is 2.62. The van der Waals surface area contributed by atoms with Crippen LogP contribution in [0.25, 0.3) is 0 Å². The molecule has 17 heavy (non-hydrogen) atoms. The Morgan fingerprint density at radius 2 is 2.29 bits per heavy atom. The van der Waals surface area contributed by atoms with Gasteiger partial charge >= 0.3 is 5.97 Å². The fraction of sp³-hybridized carbons (Fsp3) is 0.455. The largest absolute Gasteiger partial charge is 0.465 e. The molecule has 0 saturated carbocycles. The molecule has 0 saturated heterocycles. The van der Waals surface area contributed by atoms with Crippen molar-refractivity contribution in [3.05, 3.63) is 16.3 Å². The summed E-state index contributed by atoms with van der Waals surface area (Å²) in [6.45, 7) is 2.07. The van der Waals surface area contributed by atoms with Crippen LogP contribution in [0.3, 0.4) is 0 Å². The molecule has 0 aliphatic carbocycles. The number of amides is 1. The van der Waals surface area contributed by atoms with Gasteiger partial charge in [0.2, 0.25) is 5.91 Å². The van der Waals surface area contributed by atoms with Crippen LogP contribution in [0.4, 0.5) is 5.69 Å². The minimum Gasteiger partial charge on any atom is -0.465 e. The fourth-order valence-corrected chi connectivity index (χ4v) is 2.61. The predicted molar refractivity (Wildman–Crippen MR) is 71.9 cm³/mol. The summed E-state index contributed by atoms with van der Waals surface area (Å²) in [5.41, 5.74) is 0.531. The summed E-state index contributed by atoms with van der Waals surface area (Å²) in [7, 11) is 1.32. The van der Waals surface area contributed by atoms with Crippen LogP contribution in [0, 0.1) is 0 Å². The summed E-state index contributed by atoms with van der Waals surface area (Å²) in [5, 5.41) is 4.47. The van der Waals surface area contributed by atoms with Gasteiger partial charge in [-0.3, -0.25) is 4.79 Å². The molecule has 0 fully saturated rings. The molecule has 0 unspecified atom stereocenters. The fourth-order valence-electron chi connectivity index (χ4n) is 1.15. The van der Waals surface area contributed by atoms with Crippen molar-refractivity contribution in [1.29, 1.82) is 0 Å². The number of thioether (sulfide) groups is 1. The van der Waals surface area contributed by atoms with Gasteiger partial charge in [0, 0.05) is 0 Å². The minimum atomic E-state index is -0.420. The number of carbonyl (C=O) groups is 2. The lowest BCUT2D eigenvalue weighted by atomic mass is 10.4. The quantitative estimate of drug-likeness (QED) is 0.639. The van der Waals surface area contributed by atoms with Gasteiger partial charge < -0.3 is 10.1 Å². The van der Waals surface area contributed by atoms with Crippen molar-refractivity contribution in [2.45, 2.75) is 13.3 Å². The van der Waals surface area contributed by atoms with Gasteiger partial charge in [-0.2, -0.15) is 11.8 Å². The third-order valence-corrected chi connectivity index (χ3v) is 3.95. The van der Waals surface area contributed by atoms with Crippen molar-refractivity contribution in [3.8, 4) is 0 Å². The highest BCUT2D eigenvalue weighted by Crippen LogP contribution is 2.23. The SMILES string of the molecule is CCCSCC(=O)Nc1ccsc1C(=O)OC. The molecule has 6 heteroatoms. The molecule has 0 radical (unpaired) electrons. The van der Waals surface area contributed by atoms with E-state index in [0.717, 1.165) is 12.2 Å². The van der Waals surface area contributed by atoms with Crippen LogP contribution in [0.1, 0.15) is 23.0 Å². The van der Waals surface area contributed by atoms with E-state index in [1.54, 1.807) is 23.2 Å². The van der Waals surface area contributed by atoms with Crippen LogP contribution in [0.2, 0.25) is 0 Å². The lowest BCUT2D eigenvalue weighted by Crippen LogP contribution is -2.16. The van der Waals surface area contributed by atoms with E-state index in [-0.39, 0.29) is 5.91 Å². The van der Waals surface area contributed by atoms with Gasteiger partial charge in [0.1, 0.15) is 4.88 Å². The van der Waals surface area contributed by atoms with Crippen molar-refractivity contribution in [2.24, 2.45) is 0 Å². The number of esters is 1. The van der Waals surface area contributed by atoms with Crippen molar-refractivity contribution >= 4 is 40.7 Å². The van der Waals surface area contributed by atoms with Gasteiger partial charge in [-0.15, -0.1) is 11.3 Å². The lowest BCUT2D eigenvalue weighted by Gasteiger charge is -2.04. The number of ether oxygens (including phenoxy) is 1. The van der Waals surface area contributed by atoms with E-state index in [1.165, 1.54) is 18.4 Å². The lowest BCUT2D eigenvalue weighted by molar-refractivity contribution is -0.113. The number of carbonyl (C=O) groups excluding carboxylic acids is 2. The van der Waals surface area contributed by atoms with Crippen LogP contribution in [0.5, 0.6) is 0 Å². The monoisotopic (exact) mass is 273 g/mol. The van der Waals surface area contributed by atoms with E-state index in [2.05, 4.69) is 17.0 Å². The number of anilines is 1. The van der Waals surface area contributed by atoms with Gasteiger partial charge in [0.25, 0.3) is 0 Å². The van der Waals surface area contributed by atoms with Crippen LogP contribution >= 0.6 is 23.1 Å². The Morgan fingerprint density at radius 3 is 2.94 bits per heavy atom. The Hall–Kier alpha value is -1.01. The molecule has 1 aromatic heterocycles. The van der Waals surface area contributed by atoms with Crippen LogP contribution < -0.4 is 5.32 Å². The van der Waals surface area contributed by atoms with Gasteiger partial charge in [-0.05, 0) is 23.6 Å². The smallest absolute Gasteiger partial charge is 0.350 e. The number of hydrogen-bond donors (Lipinski definition) is 1. The first-order chi connectivity index (χ1) is 8.19. The summed E-state index contributed by atoms with van der Waals surface area (Å²) in [4.78, 5) is 23.4. The van der Waals surface area contributed by atoms with Gasteiger partial charge in [0.15, 0.2) is 0 Å². The van der Waals surface area contributed by atoms with Gasteiger partial charge in [-0.1, -0.05) is 6.92 Å². The summed E-state index contributed by atoms with van der Waals surface area (Å²) in [6.07, 6.45) is 1.05.